The first-order valence-corrected chi connectivity index (χ1v) is 9.79. The molecule has 0 bridgehead atoms. The fraction of sp³-hybridized carbons (Fsp3) is 0.238. The van der Waals surface area contributed by atoms with Crippen molar-refractivity contribution >= 4 is 10.9 Å². The molecule has 32 heavy (non-hydrogen) atoms. The van der Waals surface area contributed by atoms with Gasteiger partial charge in [-0.25, -0.2) is 9.67 Å². The number of aromatic nitrogens is 5. The van der Waals surface area contributed by atoms with Crippen LogP contribution in [0.15, 0.2) is 47.4 Å². The lowest BCUT2D eigenvalue weighted by Gasteiger charge is -2.23. The van der Waals surface area contributed by atoms with Crippen LogP contribution in [0.1, 0.15) is 23.1 Å². The molecule has 2 N–H and O–H groups in total. The van der Waals surface area contributed by atoms with Gasteiger partial charge in [0.2, 0.25) is 0 Å². The van der Waals surface area contributed by atoms with Crippen LogP contribution in [0, 0.1) is 6.92 Å². The smallest absolute Gasteiger partial charge is 0.404 e. The van der Waals surface area contributed by atoms with Crippen molar-refractivity contribution in [1.82, 2.24) is 30.0 Å². The van der Waals surface area contributed by atoms with Crippen LogP contribution in [-0.2, 0) is 13.1 Å². The number of hydrogen-bond acceptors (Lipinski definition) is 6. The highest BCUT2D eigenvalue weighted by Crippen LogP contribution is 2.26. The van der Waals surface area contributed by atoms with E-state index < -0.39 is 6.36 Å². The van der Waals surface area contributed by atoms with Crippen molar-refractivity contribution in [1.29, 1.82) is 0 Å². The summed E-state index contributed by atoms with van der Waals surface area (Å²) < 4.78 is 42.6. The summed E-state index contributed by atoms with van der Waals surface area (Å²) >= 11 is 0. The number of H-pyrrole nitrogens is 1. The van der Waals surface area contributed by atoms with Crippen LogP contribution < -0.4 is 15.5 Å². The Balaban J connectivity index is 1.42. The summed E-state index contributed by atoms with van der Waals surface area (Å²) in [5.41, 5.74) is 2.25. The third kappa shape index (κ3) is 3.71. The quantitative estimate of drug-likeness (QED) is 0.506. The van der Waals surface area contributed by atoms with E-state index in [9.17, 15) is 18.0 Å². The maximum atomic E-state index is 12.7. The molecule has 3 aromatic heterocycles. The van der Waals surface area contributed by atoms with E-state index in [-0.39, 0.29) is 17.2 Å². The number of nitrogens with zero attached hydrogens (tertiary/aromatic N) is 4. The molecule has 0 amide bonds. The second-order valence-electron chi connectivity index (χ2n) is 7.43. The van der Waals surface area contributed by atoms with Crippen molar-refractivity contribution in [3.8, 4) is 17.3 Å². The molecular formula is C21H17F3N6O2. The topological polar surface area (TPSA) is 97.7 Å². The van der Waals surface area contributed by atoms with Crippen LogP contribution in [-0.4, -0.2) is 31.1 Å². The third-order valence-electron chi connectivity index (χ3n) is 5.33. The second-order valence-corrected chi connectivity index (χ2v) is 7.43. The van der Waals surface area contributed by atoms with Gasteiger partial charge in [0, 0.05) is 16.5 Å². The van der Waals surface area contributed by atoms with Crippen molar-refractivity contribution < 1.29 is 17.9 Å². The molecule has 0 saturated carbocycles. The number of ether oxygens (including phenoxy) is 1. The molecular weight excluding hydrogens is 425 g/mol. The molecule has 4 heterocycles. The Labute approximate surface area is 179 Å². The molecule has 1 atom stereocenters. The Kier molecular flexibility index (Phi) is 4.70. The lowest BCUT2D eigenvalue weighted by Crippen LogP contribution is -2.33. The highest BCUT2D eigenvalue weighted by molar-refractivity contribution is 5.82. The minimum Gasteiger partial charge on any atom is -0.404 e. The zero-order valence-corrected chi connectivity index (χ0v) is 16.8. The summed E-state index contributed by atoms with van der Waals surface area (Å²) in [6.45, 7) is 2.50. The second kappa shape index (κ2) is 7.45. The van der Waals surface area contributed by atoms with Gasteiger partial charge in [-0.15, -0.1) is 18.3 Å². The maximum Gasteiger partial charge on any atom is 0.573 e. The maximum absolute atomic E-state index is 12.7. The van der Waals surface area contributed by atoms with E-state index in [0.717, 1.165) is 6.20 Å². The lowest BCUT2D eigenvalue weighted by molar-refractivity contribution is -0.274. The average molecular weight is 442 g/mol. The molecule has 1 aromatic carbocycles. The molecule has 1 unspecified atom stereocenters. The summed E-state index contributed by atoms with van der Waals surface area (Å²) in [5.74, 6) is 0.711. The third-order valence-corrected chi connectivity index (χ3v) is 5.33. The number of fused-ring (bicyclic) bond motifs is 2. The van der Waals surface area contributed by atoms with Gasteiger partial charge in [-0.3, -0.25) is 9.78 Å². The molecule has 0 fully saturated rings. The fourth-order valence-electron chi connectivity index (χ4n) is 3.76. The molecule has 1 aliphatic heterocycles. The van der Waals surface area contributed by atoms with Gasteiger partial charge in [0.05, 0.1) is 36.7 Å². The lowest BCUT2D eigenvalue weighted by atomic mass is 10.1. The Morgan fingerprint density at radius 3 is 2.75 bits per heavy atom. The largest absolute Gasteiger partial charge is 0.573 e. The molecule has 0 radical (unpaired) electrons. The predicted molar refractivity (Wildman–Crippen MR) is 109 cm³/mol. The van der Waals surface area contributed by atoms with E-state index in [4.69, 9.17) is 0 Å². The van der Waals surface area contributed by atoms with Gasteiger partial charge in [0.1, 0.15) is 11.6 Å². The van der Waals surface area contributed by atoms with Crippen molar-refractivity contribution in [3.63, 3.8) is 0 Å². The standard InChI is InChI=1S/C21H17F3N6O2/c1-11-18(27-14-5-3-2-4-13(14)19(11)31)20-28-17-9-26-16(10-30(17)29-20)15-7-6-12(8-25-15)32-21(22,23)24/h2-8,16,26H,9-10H2,1H3,(H,27,31). The molecule has 164 valence electrons. The van der Waals surface area contributed by atoms with E-state index in [1.54, 1.807) is 17.7 Å². The zero-order valence-electron chi connectivity index (χ0n) is 16.8. The molecule has 11 heteroatoms. The summed E-state index contributed by atoms with van der Waals surface area (Å²) in [6.07, 6.45) is -3.73. The first-order chi connectivity index (χ1) is 15.3. The molecule has 0 spiro atoms. The van der Waals surface area contributed by atoms with Gasteiger partial charge < -0.3 is 15.0 Å². The minimum atomic E-state index is -4.76. The molecule has 5 rings (SSSR count). The number of para-hydroxylation sites is 1. The first-order valence-electron chi connectivity index (χ1n) is 9.79. The number of rotatable bonds is 3. The monoisotopic (exact) mass is 442 g/mol. The van der Waals surface area contributed by atoms with Crippen LogP contribution >= 0.6 is 0 Å². The van der Waals surface area contributed by atoms with E-state index >= 15 is 0 Å². The van der Waals surface area contributed by atoms with Crippen molar-refractivity contribution in [3.05, 3.63) is 69.9 Å². The van der Waals surface area contributed by atoms with Gasteiger partial charge in [0.15, 0.2) is 11.3 Å². The van der Waals surface area contributed by atoms with Gasteiger partial charge in [-0.1, -0.05) is 12.1 Å². The van der Waals surface area contributed by atoms with E-state index in [1.807, 2.05) is 18.2 Å². The Morgan fingerprint density at radius 1 is 1.19 bits per heavy atom. The number of aromatic amines is 1. The Morgan fingerprint density at radius 2 is 2.00 bits per heavy atom. The number of hydrogen-bond donors (Lipinski definition) is 2. The summed E-state index contributed by atoms with van der Waals surface area (Å²) in [7, 11) is 0. The van der Waals surface area contributed by atoms with Crippen molar-refractivity contribution in [2.45, 2.75) is 32.4 Å². The van der Waals surface area contributed by atoms with Gasteiger partial charge in [0.25, 0.3) is 0 Å². The van der Waals surface area contributed by atoms with Crippen LogP contribution in [0.25, 0.3) is 22.4 Å². The van der Waals surface area contributed by atoms with Crippen LogP contribution in [0.5, 0.6) is 5.75 Å². The molecule has 0 aliphatic carbocycles. The molecule has 1 aliphatic rings. The fourth-order valence-corrected chi connectivity index (χ4v) is 3.76. The van der Waals surface area contributed by atoms with Crippen molar-refractivity contribution in [2.75, 3.05) is 0 Å². The van der Waals surface area contributed by atoms with Crippen LogP contribution in [0.2, 0.25) is 0 Å². The summed E-state index contributed by atoms with van der Waals surface area (Å²) in [4.78, 5) is 24.6. The normalized spacial score (nSPS) is 16.2. The van der Waals surface area contributed by atoms with Gasteiger partial charge in [-0.2, -0.15) is 0 Å². The zero-order chi connectivity index (χ0) is 22.5. The van der Waals surface area contributed by atoms with Gasteiger partial charge in [-0.05, 0) is 31.2 Å². The van der Waals surface area contributed by atoms with E-state index in [0.29, 0.717) is 52.6 Å². The summed E-state index contributed by atoms with van der Waals surface area (Å²) in [6, 6.07) is 9.68. The van der Waals surface area contributed by atoms with Crippen LogP contribution in [0.3, 0.4) is 0 Å². The highest BCUT2D eigenvalue weighted by atomic mass is 19.4. The van der Waals surface area contributed by atoms with E-state index in [1.165, 1.54) is 12.1 Å². The first kappa shape index (κ1) is 20.2. The number of benzene rings is 1. The van der Waals surface area contributed by atoms with Gasteiger partial charge >= 0.3 is 6.36 Å². The van der Waals surface area contributed by atoms with E-state index in [2.05, 4.69) is 30.1 Å². The average Bonchev–Trinajstić information content (AvgIpc) is 3.19. The number of halogens is 3. The predicted octanol–water partition coefficient (Wildman–Crippen LogP) is 3.23. The minimum absolute atomic E-state index is 0.0801. The molecule has 8 nitrogen and oxygen atoms in total. The Hall–Kier alpha value is -3.73. The highest BCUT2D eigenvalue weighted by Gasteiger charge is 2.31. The molecule has 4 aromatic rings. The van der Waals surface area contributed by atoms with Crippen molar-refractivity contribution in [2.24, 2.45) is 0 Å². The number of alkyl halides is 3. The molecule has 0 saturated heterocycles. The Bertz CT molecular complexity index is 1360. The SMILES string of the molecule is Cc1c(-c2nc3n(n2)CC(c2ccc(OC(F)(F)F)cn2)NC3)[nH]c2ccccc2c1=O. The summed E-state index contributed by atoms with van der Waals surface area (Å²) in [5, 5.41) is 8.43. The number of pyridine rings is 2. The van der Waals surface area contributed by atoms with Crippen LogP contribution in [0.4, 0.5) is 13.2 Å². The number of nitrogens with one attached hydrogen (secondary N) is 2.